The first-order valence-electron chi connectivity index (χ1n) is 7.59. The summed E-state index contributed by atoms with van der Waals surface area (Å²) in [4.78, 5) is 27.6. The summed E-state index contributed by atoms with van der Waals surface area (Å²) >= 11 is 0. The molecule has 0 unspecified atom stereocenters. The number of hydrogen-bond donors (Lipinski definition) is 0. The van der Waals surface area contributed by atoms with Gasteiger partial charge in [0, 0.05) is 57.1 Å². The molecule has 0 saturated heterocycles. The first-order valence-corrected chi connectivity index (χ1v) is 7.59. The number of hydrogen-bond acceptors (Lipinski definition) is 3. The van der Waals surface area contributed by atoms with Gasteiger partial charge in [0.2, 0.25) is 5.91 Å². The lowest BCUT2D eigenvalue weighted by atomic mass is 10.1. The summed E-state index contributed by atoms with van der Waals surface area (Å²) in [5.74, 6) is 0.00875. The van der Waals surface area contributed by atoms with Crippen LogP contribution in [0.15, 0.2) is 30.6 Å². The van der Waals surface area contributed by atoms with Gasteiger partial charge in [-0.2, -0.15) is 5.10 Å². The maximum absolute atomic E-state index is 12.6. The molecule has 120 valence electrons. The minimum absolute atomic E-state index is 0.0297. The lowest BCUT2D eigenvalue weighted by molar-refractivity contribution is -0.116. The molecule has 6 nitrogen and oxygen atoms in total. The van der Waals surface area contributed by atoms with Gasteiger partial charge in [0.15, 0.2) is 0 Å². The van der Waals surface area contributed by atoms with Crippen LogP contribution in [-0.2, 0) is 24.8 Å². The van der Waals surface area contributed by atoms with Crippen molar-refractivity contribution in [2.24, 2.45) is 7.05 Å². The van der Waals surface area contributed by atoms with Crippen molar-refractivity contribution >= 4 is 17.5 Å². The second kappa shape index (κ2) is 5.87. The van der Waals surface area contributed by atoms with Crippen LogP contribution in [0.4, 0.5) is 5.69 Å². The molecule has 2 heterocycles. The van der Waals surface area contributed by atoms with Crippen molar-refractivity contribution in [3.05, 3.63) is 47.3 Å². The topological polar surface area (TPSA) is 58.4 Å². The average molecular weight is 312 g/mol. The highest BCUT2D eigenvalue weighted by atomic mass is 16.2. The molecule has 0 radical (unpaired) electrons. The number of amides is 2. The summed E-state index contributed by atoms with van der Waals surface area (Å²) in [7, 11) is 3.64. The minimum Gasteiger partial charge on any atom is -0.337 e. The Morgan fingerprint density at radius 3 is 2.78 bits per heavy atom. The second-order valence-electron chi connectivity index (χ2n) is 5.95. The molecule has 1 aromatic heterocycles. The van der Waals surface area contributed by atoms with Crippen LogP contribution in [0.1, 0.15) is 28.4 Å². The monoisotopic (exact) mass is 312 g/mol. The van der Waals surface area contributed by atoms with Crippen molar-refractivity contribution in [1.29, 1.82) is 0 Å². The third-order valence-electron chi connectivity index (χ3n) is 4.13. The summed E-state index contributed by atoms with van der Waals surface area (Å²) < 4.78 is 1.72. The van der Waals surface area contributed by atoms with E-state index in [1.165, 1.54) is 0 Å². The minimum atomic E-state index is -0.0297. The summed E-state index contributed by atoms with van der Waals surface area (Å²) in [6.07, 6.45) is 4.46. The Kier molecular flexibility index (Phi) is 3.90. The van der Waals surface area contributed by atoms with E-state index in [1.54, 1.807) is 40.7 Å². The lowest BCUT2D eigenvalue weighted by Crippen LogP contribution is -2.26. The molecule has 0 aliphatic carbocycles. The Bertz CT molecular complexity index is 766. The van der Waals surface area contributed by atoms with Gasteiger partial charge in [-0.25, -0.2) is 0 Å². The van der Waals surface area contributed by atoms with Crippen molar-refractivity contribution in [3.63, 3.8) is 0 Å². The van der Waals surface area contributed by atoms with Crippen molar-refractivity contribution in [1.82, 2.24) is 14.7 Å². The molecule has 0 bridgehead atoms. The van der Waals surface area contributed by atoms with Crippen LogP contribution in [0.2, 0.25) is 0 Å². The maximum atomic E-state index is 12.6. The quantitative estimate of drug-likeness (QED) is 0.865. The third kappa shape index (κ3) is 2.97. The molecule has 1 aliphatic rings. The van der Waals surface area contributed by atoms with Gasteiger partial charge >= 0.3 is 0 Å². The number of aromatic nitrogens is 2. The highest BCUT2D eigenvalue weighted by Gasteiger charge is 2.23. The molecule has 0 spiro atoms. The van der Waals surface area contributed by atoms with Gasteiger partial charge in [0.25, 0.3) is 5.91 Å². The SMILES string of the molecule is CC(=O)N1CCc2cc(C(=O)N(C)Cc3cnn(C)c3)ccc21. The van der Waals surface area contributed by atoms with E-state index in [1.807, 2.05) is 25.4 Å². The van der Waals surface area contributed by atoms with Gasteiger partial charge in [-0.05, 0) is 30.2 Å². The number of anilines is 1. The number of nitrogens with zero attached hydrogens (tertiary/aromatic N) is 4. The first-order chi connectivity index (χ1) is 11.0. The van der Waals surface area contributed by atoms with E-state index in [-0.39, 0.29) is 11.8 Å². The van der Waals surface area contributed by atoms with Crippen LogP contribution in [0.3, 0.4) is 0 Å². The molecular weight excluding hydrogens is 292 g/mol. The van der Waals surface area contributed by atoms with Crippen LogP contribution in [0.5, 0.6) is 0 Å². The first kappa shape index (κ1) is 15.3. The van der Waals surface area contributed by atoms with E-state index < -0.39 is 0 Å². The van der Waals surface area contributed by atoms with Gasteiger partial charge in [0.1, 0.15) is 0 Å². The highest BCUT2D eigenvalue weighted by molar-refractivity contribution is 5.97. The predicted molar refractivity (Wildman–Crippen MR) is 87.2 cm³/mol. The molecule has 1 aliphatic heterocycles. The fraction of sp³-hybridized carbons (Fsp3) is 0.353. The maximum Gasteiger partial charge on any atom is 0.253 e. The summed E-state index contributed by atoms with van der Waals surface area (Å²) in [6.45, 7) is 2.77. The van der Waals surface area contributed by atoms with E-state index in [2.05, 4.69) is 5.10 Å². The molecule has 3 rings (SSSR count). The predicted octanol–water partition coefficient (Wildman–Crippen LogP) is 1.60. The zero-order valence-corrected chi connectivity index (χ0v) is 13.6. The summed E-state index contributed by atoms with van der Waals surface area (Å²) in [5, 5.41) is 4.12. The van der Waals surface area contributed by atoms with Gasteiger partial charge in [-0.3, -0.25) is 14.3 Å². The highest BCUT2D eigenvalue weighted by Crippen LogP contribution is 2.29. The largest absolute Gasteiger partial charge is 0.337 e. The molecule has 0 N–H and O–H groups in total. The Morgan fingerprint density at radius 2 is 2.13 bits per heavy atom. The Hall–Kier alpha value is -2.63. The van der Waals surface area contributed by atoms with Crippen molar-refractivity contribution in [3.8, 4) is 0 Å². The smallest absolute Gasteiger partial charge is 0.253 e. The Morgan fingerprint density at radius 1 is 1.35 bits per heavy atom. The second-order valence-corrected chi connectivity index (χ2v) is 5.95. The number of benzene rings is 1. The van der Waals surface area contributed by atoms with Gasteiger partial charge in [-0.1, -0.05) is 0 Å². The molecule has 0 atom stereocenters. The molecular formula is C17H20N4O2. The van der Waals surface area contributed by atoms with E-state index >= 15 is 0 Å². The lowest BCUT2D eigenvalue weighted by Gasteiger charge is -2.18. The number of carbonyl (C=O) groups excluding carboxylic acids is 2. The van der Waals surface area contributed by atoms with Gasteiger partial charge in [-0.15, -0.1) is 0 Å². The molecule has 1 aromatic carbocycles. The molecule has 0 saturated carbocycles. The zero-order chi connectivity index (χ0) is 16.6. The third-order valence-corrected chi connectivity index (χ3v) is 4.13. The van der Waals surface area contributed by atoms with Gasteiger partial charge in [0.05, 0.1) is 6.20 Å². The van der Waals surface area contributed by atoms with Crippen LogP contribution >= 0.6 is 0 Å². The Balaban J connectivity index is 1.77. The normalized spacial score (nSPS) is 13.1. The molecule has 2 aromatic rings. The van der Waals surface area contributed by atoms with Crippen molar-refractivity contribution in [2.45, 2.75) is 19.9 Å². The average Bonchev–Trinajstić information content (AvgIpc) is 3.11. The molecule has 0 fully saturated rings. The van der Waals surface area contributed by atoms with Crippen LogP contribution in [-0.4, -0.2) is 40.1 Å². The number of fused-ring (bicyclic) bond motifs is 1. The number of rotatable bonds is 3. The van der Waals surface area contributed by atoms with Crippen LogP contribution < -0.4 is 4.90 Å². The van der Waals surface area contributed by atoms with Crippen molar-refractivity contribution < 1.29 is 9.59 Å². The molecule has 23 heavy (non-hydrogen) atoms. The van der Waals surface area contributed by atoms with Crippen LogP contribution in [0.25, 0.3) is 0 Å². The standard InChI is InChI=1S/C17H20N4O2/c1-12(22)21-7-6-14-8-15(4-5-16(14)21)17(23)19(2)10-13-9-18-20(3)11-13/h4-5,8-9,11H,6-7,10H2,1-3H3. The molecule has 6 heteroatoms. The number of carbonyl (C=O) groups is 2. The fourth-order valence-electron chi connectivity index (χ4n) is 2.98. The van der Waals surface area contributed by atoms with E-state index in [4.69, 9.17) is 0 Å². The molecule has 2 amide bonds. The van der Waals surface area contributed by atoms with Gasteiger partial charge < -0.3 is 9.80 Å². The van der Waals surface area contributed by atoms with E-state index in [9.17, 15) is 9.59 Å². The summed E-state index contributed by atoms with van der Waals surface area (Å²) in [5.41, 5.74) is 3.62. The zero-order valence-electron chi connectivity index (χ0n) is 13.6. The fourth-order valence-corrected chi connectivity index (χ4v) is 2.98. The Labute approximate surface area is 135 Å². The van der Waals surface area contributed by atoms with Crippen molar-refractivity contribution in [2.75, 3.05) is 18.5 Å². The van der Waals surface area contributed by atoms with E-state index in [0.29, 0.717) is 18.7 Å². The van der Waals surface area contributed by atoms with Crippen LogP contribution in [0, 0.1) is 0 Å². The number of aryl methyl sites for hydroxylation is 1. The summed E-state index contributed by atoms with van der Waals surface area (Å²) in [6, 6.07) is 5.57. The van der Waals surface area contributed by atoms with E-state index in [0.717, 1.165) is 23.2 Å².